The molecule has 4 heteroatoms. The van der Waals surface area contributed by atoms with Gasteiger partial charge in [0.25, 0.3) is 0 Å². The molecule has 0 radical (unpaired) electrons. The van der Waals surface area contributed by atoms with Gasteiger partial charge in [-0.2, -0.15) is 0 Å². The summed E-state index contributed by atoms with van der Waals surface area (Å²) in [5, 5.41) is 0. The third-order valence-electron chi connectivity index (χ3n) is 7.38. The lowest BCUT2D eigenvalue weighted by atomic mass is 9.71. The third-order valence-corrected chi connectivity index (χ3v) is 7.38. The minimum Gasteiger partial charge on any atom is -0.384 e. The van der Waals surface area contributed by atoms with E-state index in [0.717, 1.165) is 45.0 Å². The molecular weight excluding hydrogens is 336 g/mol. The van der Waals surface area contributed by atoms with Crippen LogP contribution in [0.4, 0.5) is 0 Å². The Hall–Kier alpha value is -1.39. The van der Waals surface area contributed by atoms with E-state index in [-0.39, 0.29) is 0 Å². The van der Waals surface area contributed by atoms with E-state index in [1.165, 1.54) is 37.9 Å². The van der Waals surface area contributed by atoms with E-state index in [0.29, 0.717) is 23.7 Å². The van der Waals surface area contributed by atoms with E-state index < -0.39 is 0 Å². The fraction of sp³-hybridized carbons (Fsp3) is 0.696. The van der Waals surface area contributed by atoms with Gasteiger partial charge in [-0.15, -0.1) is 0 Å². The highest BCUT2D eigenvalue weighted by atomic mass is 16.5. The number of hydrogen-bond acceptors (Lipinski definition) is 3. The van der Waals surface area contributed by atoms with Crippen molar-refractivity contribution in [3.8, 4) is 0 Å². The van der Waals surface area contributed by atoms with E-state index in [2.05, 4.69) is 21.9 Å². The molecule has 3 fully saturated rings. The molecule has 0 aromatic heterocycles. The van der Waals surface area contributed by atoms with Crippen molar-refractivity contribution >= 4 is 5.91 Å². The maximum Gasteiger partial charge on any atom is 0.222 e. The molecule has 2 saturated heterocycles. The highest BCUT2D eigenvalue weighted by molar-refractivity contribution is 5.76. The van der Waals surface area contributed by atoms with Crippen LogP contribution in [-0.4, -0.2) is 61.6 Å². The summed E-state index contributed by atoms with van der Waals surface area (Å²) < 4.78 is 5.59. The Labute approximate surface area is 163 Å². The number of methoxy groups -OCH3 is 1. The first-order valence-corrected chi connectivity index (χ1v) is 10.7. The van der Waals surface area contributed by atoms with E-state index >= 15 is 0 Å². The molecule has 3 aliphatic rings. The normalized spacial score (nSPS) is 25.7. The van der Waals surface area contributed by atoms with Crippen molar-refractivity contribution in [1.82, 2.24) is 9.80 Å². The second-order valence-corrected chi connectivity index (χ2v) is 8.90. The fourth-order valence-corrected chi connectivity index (χ4v) is 5.36. The van der Waals surface area contributed by atoms with Gasteiger partial charge >= 0.3 is 0 Å². The van der Waals surface area contributed by atoms with Gasteiger partial charge in [-0.1, -0.05) is 36.8 Å². The van der Waals surface area contributed by atoms with Crippen molar-refractivity contribution in [3.63, 3.8) is 0 Å². The number of amides is 1. The van der Waals surface area contributed by atoms with E-state index in [1.54, 1.807) is 0 Å². The number of aryl methyl sites for hydroxylation is 1. The van der Waals surface area contributed by atoms with Crippen molar-refractivity contribution in [2.45, 2.75) is 51.0 Å². The van der Waals surface area contributed by atoms with Gasteiger partial charge in [-0.05, 0) is 43.1 Å². The molecular formula is C23H34N2O2. The van der Waals surface area contributed by atoms with Crippen LogP contribution in [0.3, 0.4) is 0 Å². The molecule has 1 aromatic rings. The molecule has 0 bridgehead atoms. The lowest BCUT2D eigenvalue weighted by Gasteiger charge is -2.43. The predicted octanol–water partition coefficient (Wildman–Crippen LogP) is 3.36. The maximum absolute atomic E-state index is 12.7. The predicted molar refractivity (Wildman–Crippen MR) is 108 cm³/mol. The first kappa shape index (κ1) is 18.9. The Balaban J connectivity index is 1.32. The van der Waals surface area contributed by atoms with Crippen LogP contribution < -0.4 is 0 Å². The molecule has 1 amide bonds. The van der Waals surface area contributed by atoms with Gasteiger partial charge in [0.05, 0.1) is 6.61 Å². The molecule has 2 heterocycles. The summed E-state index contributed by atoms with van der Waals surface area (Å²) >= 11 is 0. The Morgan fingerprint density at radius 1 is 1.19 bits per heavy atom. The third kappa shape index (κ3) is 4.07. The van der Waals surface area contributed by atoms with Gasteiger partial charge in [0, 0.05) is 51.7 Å². The molecule has 1 spiro atoms. The van der Waals surface area contributed by atoms with Gasteiger partial charge < -0.3 is 9.64 Å². The van der Waals surface area contributed by atoms with Gasteiger partial charge in [0.1, 0.15) is 0 Å². The number of ether oxygens (including phenoxy) is 1. The topological polar surface area (TPSA) is 32.8 Å². The van der Waals surface area contributed by atoms with Gasteiger partial charge in [-0.3, -0.25) is 9.69 Å². The van der Waals surface area contributed by atoms with Crippen LogP contribution in [-0.2, 0) is 16.0 Å². The number of rotatable bonds is 6. The summed E-state index contributed by atoms with van der Waals surface area (Å²) in [6, 6.07) is 11.2. The molecule has 1 aromatic carbocycles. The van der Waals surface area contributed by atoms with Crippen LogP contribution in [0.5, 0.6) is 0 Å². The number of nitrogens with zero attached hydrogens (tertiary/aromatic N) is 2. The first-order chi connectivity index (χ1) is 13.2. The zero-order valence-corrected chi connectivity index (χ0v) is 16.7. The molecule has 1 saturated carbocycles. The van der Waals surface area contributed by atoms with Gasteiger partial charge in [0.2, 0.25) is 5.91 Å². The Kier molecular flexibility index (Phi) is 5.84. The number of carbonyl (C=O) groups is 1. The SMILES string of the molecule is COC[C@H]1CN(C2CCC2)CC12CCN(C(=O)CCc1ccccc1)CC2. The number of piperidine rings is 1. The van der Waals surface area contributed by atoms with Crippen LogP contribution >= 0.6 is 0 Å². The minimum atomic E-state index is 0.325. The average molecular weight is 371 g/mol. The summed E-state index contributed by atoms with van der Waals surface area (Å²) in [5.41, 5.74) is 1.62. The van der Waals surface area contributed by atoms with Gasteiger partial charge in [0.15, 0.2) is 0 Å². The second-order valence-electron chi connectivity index (χ2n) is 8.90. The number of benzene rings is 1. The summed E-state index contributed by atoms with van der Waals surface area (Å²) in [4.78, 5) is 17.6. The molecule has 4 nitrogen and oxygen atoms in total. The molecule has 4 rings (SSSR count). The first-order valence-electron chi connectivity index (χ1n) is 10.7. The standard InChI is InChI=1S/C23H34N2O2/c1-27-17-20-16-25(21-8-5-9-21)18-23(20)12-14-24(15-13-23)22(26)11-10-19-6-3-2-4-7-19/h2-4,6-7,20-21H,5,8-18H2,1H3/t20-/m1/s1. The molecule has 1 aliphatic carbocycles. The fourth-order valence-electron chi connectivity index (χ4n) is 5.36. The van der Waals surface area contributed by atoms with Crippen molar-refractivity contribution in [3.05, 3.63) is 35.9 Å². The minimum absolute atomic E-state index is 0.325. The largest absolute Gasteiger partial charge is 0.384 e. The molecule has 0 N–H and O–H groups in total. The van der Waals surface area contributed by atoms with Crippen LogP contribution in [0.25, 0.3) is 0 Å². The molecule has 27 heavy (non-hydrogen) atoms. The zero-order valence-electron chi connectivity index (χ0n) is 16.7. The summed E-state index contributed by atoms with van der Waals surface area (Å²) in [6.07, 6.45) is 7.91. The summed E-state index contributed by atoms with van der Waals surface area (Å²) in [7, 11) is 1.84. The lowest BCUT2D eigenvalue weighted by molar-refractivity contribution is -0.134. The van der Waals surface area contributed by atoms with Crippen molar-refractivity contribution < 1.29 is 9.53 Å². The number of hydrogen-bond donors (Lipinski definition) is 0. The van der Waals surface area contributed by atoms with E-state index in [1.807, 2.05) is 25.3 Å². The molecule has 2 aliphatic heterocycles. The monoisotopic (exact) mass is 370 g/mol. The zero-order chi connectivity index (χ0) is 18.7. The van der Waals surface area contributed by atoms with Crippen LogP contribution in [0.15, 0.2) is 30.3 Å². The van der Waals surface area contributed by atoms with Crippen LogP contribution in [0, 0.1) is 11.3 Å². The van der Waals surface area contributed by atoms with Crippen molar-refractivity contribution in [2.75, 3.05) is 39.9 Å². The van der Waals surface area contributed by atoms with Crippen LogP contribution in [0.2, 0.25) is 0 Å². The van der Waals surface area contributed by atoms with E-state index in [9.17, 15) is 4.79 Å². The van der Waals surface area contributed by atoms with Crippen LogP contribution in [0.1, 0.15) is 44.1 Å². The highest BCUT2D eigenvalue weighted by Crippen LogP contribution is 2.47. The second kappa shape index (κ2) is 8.32. The lowest BCUT2D eigenvalue weighted by Crippen LogP contribution is -2.47. The Bertz CT molecular complexity index is 621. The average Bonchev–Trinajstić information content (AvgIpc) is 2.97. The Morgan fingerprint density at radius 3 is 2.56 bits per heavy atom. The number of likely N-dealkylation sites (tertiary alicyclic amines) is 2. The summed E-state index contributed by atoms with van der Waals surface area (Å²) in [6.45, 7) is 5.13. The highest BCUT2D eigenvalue weighted by Gasteiger charge is 2.50. The van der Waals surface area contributed by atoms with Crippen molar-refractivity contribution in [1.29, 1.82) is 0 Å². The molecule has 0 unspecified atom stereocenters. The quantitative estimate of drug-likeness (QED) is 0.770. The van der Waals surface area contributed by atoms with Crippen molar-refractivity contribution in [2.24, 2.45) is 11.3 Å². The molecule has 1 atom stereocenters. The number of carbonyl (C=O) groups excluding carboxylic acids is 1. The molecule has 148 valence electrons. The smallest absolute Gasteiger partial charge is 0.222 e. The van der Waals surface area contributed by atoms with Gasteiger partial charge in [-0.25, -0.2) is 0 Å². The Morgan fingerprint density at radius 2 is 1.93 bits per heavy atom. The summed E-state index contributed by atoms with van der Waals surface area (Å²) in [5.74, 6) is 0.954. The van der Waals surface area contributed by atoms with E-state index in [4.69, 9.17) is 4.74 Å². The maximum atomic E-state index is 12.7.